The summed E-state index contributed by atoms with van der Waals surface area (Å²) in [7, 11) is 0. The van der Waals surface area contributed by atoms with Crippen LogP contribution in [0, 0.1) is 0 Å². The molecule has 3 fully saturated rings. The molecule has 25 heavy (non-hydrogen) atoms. The lowest BCUT2D eigenvalue weighted by Crippen LogP contribution is -2.34. The molecule has 2 aromatic heterocycles. The molecule has 6 nitrogen and oxygen atoms in total. The van der Waals surface area contributed by atoms with Gasteiger partial charge in [0.05, 0.1) is 11.7 Å². The summed E-state index contributed by atoms with van der Waals surface area (Å²) in [5.74, 6) is 0.930. The Kier molecular flexibility index (Phi) is 3.90. The van der Waals surface area contributed by atoms with E-state index in [9.17, 15) is 0 Å². The maximum atomic E-state index is 6.48. The summed E-state index contributed by atoms with van der Waals surface area (Å²) in [6, 6.07) is 4.50. The van der Waals surface area contributed by atoms with Crippen molar-refractivity contribution >= 4 is 11.5 Å². The maximum Gasteiger partial charge on any atom is 0.153 e. The Morgan fingerprint density at radius 3 is 3.04 bits per heavy atom. The van der Waals surface area contributed by atoms with Crippen LogP contribution in [-0.2, 0) is 4.74 Å². The highest BCUT2D eigenvalue weighted by molar-refractivity contribution is 5.44. The van der Waals surface area contributed by atoms with Crippen molar-refractivity contribution in [1.29, 1.82) is 0 Å². The number of nitrogens with zero attached hydrogens (tertiary/aromatic N) is 4. The molecule has 2 atom stereocenters. The summed E-state index contributed by atoms with van der Waals surface area (Å²) < 4.78 is 8.30. The molecule has 1 saturated carbocycles. The van der Waals surface area contributed by atoms with Crippen LogP contribution in [0.1, 0.15) is 44.9 Å². The van der Waals surface area contributed by atoms with Crippen molar-refractivity contribution in [1.82, 2.24) is 19.5 Å². The number of nitrogens with one attached hydrogen (secondary N) is 1. The van der Waals surface area contributed by atoms with Gasteiger partial charge in [-0.25, -0.2) is 9.50 Å². The number of rotatable bonds is 4. The lowest BCUT2D eigenvalue weighted by Gasteiger charge is -2.26. The van der Waals surface area contributed by atoms with E-state index < -0.39 is 0 Å². The van der Waals surface area contributed by atoms with Gasteiger partial charge in [0, 0.05) is 38.1 Å². The topological polar surface area (TPSA) is 54.7 Å². The van der Waals surface area contributed by atoms with Gasteiger partial charge >= 0.3 is 0 Å². The highest BCUT2D eigenvalue weighted by atomic mass is 16.5. The van der Waals surface area contributed by atoms with Crippen LogP contribution in [0.25, 0.3) is 5.65 Å². The Morgan fingerprint density at radius 2 is 2.12 bits per heavy atom. The van der Waals surface area contributed by atoms with Gasteiger partial charge in [-0.05, 0) is 44.2 Å². The molecule has 1 aliphatic carbocycles. The molecular formula is C19H27N5O. The predicted molar refractivity (Wildman–Crippen MR) is 96.8 cm³/mol. The van der Waals surface area contributed by atoms with E-state index in [1.807, 2.05) is 22.8 Å². The zero-order valence-corrected chi connectivity index (χ0v) is 14.7. The quantitative estimate of drug-likeness (QED) is 0.927. The smallest absolute Gasteiger partial charge is 0.153 e. The minimum Gasteiger partial charge on any atom is -0.370 e. The first-order chi connectivity index (χ1) is 12.3. The number of imidazole rings is 1. The van der Waals surface area contributed by atoms with E-state index in [0.717, 1.165) is 31.1 Å². The molecule has 0 amide bonds. The molecule has 0 aromatic carbocycles. The van der Waals surface area contributed by atoms with Crippen LogP contribution in [0.15, 0.2) is 24.5 Å². The Balaban J connectivity index is 1.15. The Labute approximate surface area is 148 Å². The first kappa shape index (κ1) is 15.6. The van der Waals surface area contributed by atoms with E-state index in [1.165, 1.54) is 44.9 Å². The summed E-state index contributed by atoms with van der Waals surface area (Å²) >= 11 is 0. The molecule has 134 valence electrons. The fraction of sp³-hybridized carbons (Fsp3) is 0.684. The van der Waals surface area contributed by atoms with Crippen LogP contribution < -0.4 is 5.32 Å². The molecule has 3 aliphatic rings. The SMILES string of the molecule is c1cn2nc(NC3CCN(CC4CCC5(CCCC5)O4)C3)ccc2n1. The van der Waals surface area contributed by atoms with Gasteiger partial charge in [-0.2, -0.15) is 0 Å². The summed E-state index contributed by atoms with van der Waals surface area (Å²) in [4.78, 5) is 6.80. The van der Waals surface area contributed by atoms with E-state index in [2.05, 4.69) is 20.3 Å². The van der Waals surface area contributed by atoms with Crippen molar-refractivity contribution in [3.8, 4) is 0 Å². The van der Waals surface area contributed by atoms with Gasteiger partial charge in [-0.15, -0.1) is 5.10 Å². The van der Waals surface area contributed by atoms with Gasteiger partial charge in [0.1, 0.15) is 5.82 Å². The van der Waals surface area contributed by atoms with Gasteiger partial charge in [-0.1, -0.05) is 12.8 Å². The predicted octanol–water partition coefficient (Wildman–Crippen LogP) is 2.71. The van der Waals surface area contributed by atoms with E-state index in [0.29, 0.717) is 12.1 Å². The van der Waals surface area contributed by atoms with Crippen molar-refractivity contribution in [3.05, 3.63) is 24.5 Å². The van der Waals surface area contributed by atoms with Crippen LogP contribution in [0.2, 0.25) is 0 Å². The second-order valence-electron chi connectivity index (χ2n) is 8.01. The van der Waals surface area contributed by atoms with E-state index in [1.54, 1.807) is 6.20 Å². The summed E-state index contributed by atoms with van der Waals surface area (Å²) in [5.41, 5.74) is 1.14. The highest BCUT2D eigenvalue weighted by Gasteiger charge is 2.42. The van der Waals surface area contributed by atoms with Crippen molar-refractivity contribution in [2.75, 3.05) is 25.0 Å². The second-order valence-corrected chi connectivity index (χ2v) is 8.01. The minimum absolute atomic E-state index is 0.256. The van der Waals surface area contributed by atoms with Gasteiger partial charge in [0.25, 0.3) is 0 Å². The summed E-state index contributed by atoms with van der Waals surface area (Å²) in [6.45, 7) is 3.32. The molecule has 2 unspecified atom stereocenters. The largest absolute Gasteiger partial charge is 0.370 e. The Morgan fingerprint density at radius 1 is 1.20 bits per heavy atom. The molecule has 2 saturated heterocycles. The van der Waals surface area contributed by atoms with Gasteiger partial charge in [-0.3, -0.25) is 4.90 Å². The molecule has 2 aromatic rings. The number of ether oxygens (including phenoxy) is 1. The lowest BCUT2D eigenvalue weighted by molar-refractivity contribution is -0.0453. The number of aromatic nitrogens is 3. The third kappa shape index (κ3) is 3.13. The van der Waals surface area contributed by atoms with Crippen LogP contribution in [0.4, 0.5) is 5.82 Å². The van der Waals surface area contributed by atoms with Crippen LogP contribution >= 0.6 is 0 Å². The molecule has 5 rings (SSSR count). The molecule has 2 aliphatic heterocycles. The number of likely N-dealkylation sites (tertiary alicyclic amines) is 1. The molecule has 0 bridgehead atoms. The number of hydrogen-bond acceptors (Lipinski definition) is 5. The zero-order valence-electron chi connectivity index (χ0n) is 14.7. The van der Waals surface area contributed by atoms with Gasteiger partial charge in [0.15, 0.2) is 5.65 Å². The molecule has 4 heterocycles. The first-order valence-electron chi connectivity index (χ1n) is 9.75. The van der Waals surface area contributed by atoms with Gasteiger partial charge < -0.3 is 10.1 Å². The number of fused-ring (bicyclic) bond motifs is 1. The van der Waals surface area contributed by atoms with Crippen molar-refractivity contribution in [3.63, 3.8) is 0 Å². The fourth-order valence-corrected chi connectivity index (χ4v) is 4.92. The average Bonchev–Trinajstić information content (AvgIpc) is 3.38. The van der Waals surface area contributed by atoms with Crippen molar-refractivity contribution in [2.45, 2.75) is 62.7 Å². The highest BCUT2D eigenvalue weighted by Crippen LogP contribution is 2.43. The van der Waals surface area contributed by atoms with Crippen LogP contribution in [0.3, 0.4) is 0 Å². The summed E-state index contributed by atoms with van der Waals surface area (Å²) in [6.07, 6.45) is 13.1. The standard InChI is InChI=1S/C19H27N5O/c1-2-8-19(7-1)9-5-16(25-19)14-23-11-6-15(13-23)21-17-3-4-18-20-10-12-24(18)22-17/h3-4,10,12,15-16H,1-2,5-9,11,13-14H2,(H,21,22). The lowest BCUT2D eigenvalue weighted by atomic mass is 9.98. The average molecular weight is 341 g/mol. The molecule has 1 spiro atoms. The Bertz CT molecular complexity index is 738. The third-order valence-corrected chi connectivity index (χ3v) is 6.19. The molecule has 6 heteroatoms. The normalized spacial score (nSPS) is 29.1. The molecule has 1 N–H and O–H groups in total. The van der Waals surface area contributed by atoms with Crippen molar-refractivity contribution in [2.24, 2.45) is 0 Å². The van der Waals surface area contributed by atoms with Crippen LogP contribution in [0.5, 0.6) is 0 Å². The Hall–Kier alpha value is -1.66. The maximum absolute atomic E-state index is 6.48. The van der Waals surface area contributed by atoms with Crippen molar-refractivity contribution < 1.29 is 4.74 Å². The minimum atomic E-state index is 0.256. The van der Waals surface area contributed by atoms with E-state index in [-0.39, 0.29) is 5.60 Å². The van der Waals surface area contributed by atoms with Gasteiger partial charge in [0.2, 0.25) is 0 Å². The number of hydrogen-bond donors (Lipinski definition) is 1. The molecular weight excluding hydrogens is 314 g/mol. The summed E-state index contributed by atoms with van der Waals surface area (Å²) in [5, 5.41) is 8.16. The zero-order chi connectivity index (χ0) is 16.7. The monoisotopic (exact) mass is 341 g/mol. The third-order valence-electron chi connectivity index (χ3n) is 6.19. The second kappa shape index (κ2) is 6.25. The van der Waals surface area contributed by atoms with Crippen LogP contribution in [-0.4, -0.2) is 56.9 Å². The number of anilines is 1. The molecule has 0 radical (unpaired) electrons. The van der Waals surface area contributed by atoms with E-state index >= 15 is 0 Å². The first-order valence-corrected chi connectivity index (χ1v) is 9.75. The van der Waals surface area contributed by atoms with E-state index in [4.69, 9.17) is 4.74 Å². The fourth-order valence-electron chi connectivity index (χ4n) is 4.92.